The first kappa shape index (κ1) is 32.8. The Labute approximate surface area is 269 Å². The van der Waals surface area contributed by atoms with Crippen molar-refractivity contribution in [2.45, 2.75) is 88.4 Å². The summed E-state index contributed by atoms with van der Waals surface area (Å²) in [6, 6.07) is 15.9. The highest BCUT2D eigenvalue weighted by Crippen LogP contribution is 2.47. The molecule has 5 rings (SSSR count). The van der Waals surface area contributed by atoms with Crippen LogP contribution in [0.5, 0.6) is 0 Å². The summed E-state index contributed by atoms with van der Waals surface area (Å²) in [6.07, 6.45) is 3.78. The SMILES string of the molecule is CCC[C@H](NC(=O)[C@@H](Cc1ccccc1)NC(=O)[C@H]1C[C@@H]1c1ccccc1)C(=O)N[C@@H](C[C@@H]1CCNC1=O)C(=O)C(=O)NC1CC1. The van der Waals surface area contributed by atoms with E-state index in [0.717, 1.165) is 24.0 Å². The molecule has 2 aliphatic carbocycles. The third kappa shape index (κ3) is 8.80. The molecule has 244 valence electrons. The van der Waals surface area contributed by atoms with Crippen LogP contribution in [0.25, 0.3) is 0 Å². The molecule has 46 heavy (non-hydrogen) atoms. The maximum Gasteiger partial charge on any atom is 0.289 e. The minimum Gasteiger partial charge on any atom is -0.356 e. The fourth-order valence-corrected chi connectivity index (χ4v) is 6.02. The van der Waals surface area contributed by atoms with Gasteiger partial charge in [-0.05, 0) is 55.6 Å². The molecule has 1 saturated heterocycles. The lowest BCUT2D eigenvalue weighted by atomic mass is 9.95. The Bertz CT molecular complexity index is 1430. The molecule has 1 heterocycles. The van der Waals surface area contributed by atoms with E-state index >= 15 is 0 Å². The highest BCUT2D eigenvalue weighted by molar-refractivity contribution is 6.38. The molecule has 0 radical (unpaired) electrons. The van der Waals surface area contributed by atoms with Crippen LogP contribution in [0.2, 0.25) is 0 Å². The second-order valence-electron chi connectivity index (χ2n) is 12.6. The van der Waals surface area contributed by atoms with Crippen molar-refractivity contribution >= 4 is 35.3 Å². The lowest BCUT2D eigenvalue weighted by Gasteiger charge is -2.26. The molecule has 0 spiro atoms. The van der Waals surface area contributed by atoms with Crippen molar-refractivity contribution in [3.63, 3.8) is 0 Å². The monoisotopic (exact) mass is 629 g/mol. The zero-order chi connectivity index (χ0) is 32.6. The van der Waals surface area contributed by atoms with E-state index in [9.17, 15) is 28.8 Å². The van der Waals surface area contributed by atoms with Gasteiger partial charge in [0.15, 0.2) is 0 Å². The number of hydrogen-bond acceptors (Lipinski definition) is 6. The minimum absolute atomic E-state index is 0.0159. The number of hydrogen-bond donors (Lipinski definition) is 5. The standard InChI is InChI=1S/C35H43N5O6/c1-2-9-27(33(44)39-28(19-23-16-17-36-31(23)42)30(41)35(46)37-24-14-15-24)38-34(45)29(18-21-10-5-3-6-11-21)40-32(43)26-20-25(26)22-12-7-4-8-13-22/h3-8,10-13,23-29H,2,9,14-20H2,1H3,(H,36,42)(H,37,46)(H,38,45)(H,39,44)(H,40,43)/t23-,25+,26-,27-,28-,29+/m0/s1. The van der Waals surface area contributed by atoms with E-state index in [-0.39, 0.29) is 49.0 Å². The number of carbonyl (C=O) groups excluding carboxylic acids is 6. The van der Waals surface area contributed by atoms with E-state index in [4.69, 9.17) is 0 Å². The molecule has 2 aromatic rings. The molecule has 3 aliphatic rings. The first-order valence-electron chi connectivity index (χ1n) is 16.4. The van der Waals surface area contributed by atoms with E-state index in [1.54, 1.807) is 0 Å². The molecule has 2 aromatic carbocycles. The van der Waals surface area contributed by atoms with Crippen LogP contribution in [0.3, 0.4) is 0 Å². The van der Waals surface area contributed by atoms with Crippen molar-refractivity contribution in [2.75, 3.05) is 6.54 Å². The van der Waals surface area contributed by atoms with E-state index in [1.165, 1.54) is 0 Å². The molecule has 0 aromatic heterocycles. The van der Waals surface area contributed by atoms with Gasteiger partial charge in [0.2, 0.25) is 29.4 Å². The molecule has 5 N–H and O–H groups in total. The molecule has 3 fully saturated rings. The van der Waals surface area contributed by atoms with Gasteiger partial charge in [0.1, 0.15) is 12.1 Å². The smallest absolute Gasteiger partial charge is 0.289 e. The van der Waals surface area contributed by atoms with Gasteiger partial charge in [0, 0.05) is 30.8 Å². The quantitative estimate of drug-likeness (QED) is 0.178. The molecule has 11 nitrogen and oxygen atoms in total. The maximum atomic E-state index is 13.8. The van der Waals surface area contributed by atoms with E-state index in [1.807, 2.05) is 67.6 Å². The van der Waals surface area contributed by atoms with E-state index in [2.05, 4.69) is 26.6 Å². The average Bonchev–Trinajstić information content (AvgIpc) is 3.99. The Morgan fingerprint density at radius 1 is 0.826 bits per heavy atom. The fourth-order valence-electron chi connectivity index (χ4n) is 6.02. The van der Waals surface area contributed by atoms with Crippen molar-refractivity contribution in [1.29, 1.82) is 0 Å². The Morgan fingerprint density at radius 3 is 2.11 bits per heavy atom. The maximum absolute atomic E-state index is 13.8. The summed E-state index contributed by atoms with van der Waals surface area (Å²) in [5.74, 6) is -3.86. The normalized spacial score (nSPS) is 22.0. The average molecular weight is 630 g/mol. The number of Topliss-reactive ketones (excluding diaryl/α,β-unsaturated/α-hetero) is 1. The first-order chi connectivity index (χ1) is 22.2. The lowest BCUT2D eigenvalue weighted by molar-refractivity contribution is -0.141. The van der Waals surface area contributed by atoms with Gasteiger partial charge >= 0.3 is 0 Å². The van der Waals surface area contributed by atoms with Gasteiger partial charge in [-0.15, -0.1) is 0 Å². The van der Waals surface area contributed by atoms with Crippen LogP contribution < -0.4 is 26.6 Å². The topological polar surface area (TPSA) is 163 Å². The molecule has 5 amide bonds. The van der Waals surface area contributed by atoms with Gasteiger partial charge in [-0.3, -0.25) is 28.8 Å². The summed E-state index contributed by atoms with van der Waals surface area (Å²) in [5.41, 5.74) is 1.92. The summed E-state index contributed by atoms with van der Waals surface area (Å²) in [7, 11) is 0. The van der Waals surface area contributed by atoms with Crippen molar-refractivity contribution in [3.8, 4) is 0 Å². The van der Waals surface area contributed by atoms with Crippen molar-refractivity contribution < 1.29 is 28.8 Å². The second-order valence-corrected chi connectivity index (χ2v) is 12.6. The van der Waals surface area contributed by atoms with Crippen molar-refractivity contribution in [2.24, 2.45) is 11.8 Å². The third-order valence-corrected chi connectivity index (χ3v) is 8.93. The summed E-state index contributed by atoms with van der Waals surface area (Å²) in [6.45, 7) is 2.32. The zero-order valence-electron chi connectivity index (χ0n) is 26.1. The van der Waals surface area contributed by atoms with Crippen LogP contribution in [-0.2, 0) is 35.2 Å². The highest BCUT2D eigenvalue weighted by Gasteiger charge is 2.45. The molecular weight excluding hydrogens is 586 g/mol. The predicted octanol–water partition coefficient (Wildman–Crippen LogP) is 1.66. The minimum atomic E-state index is -1.22. The molecular formula is C35H43N5O6. The molecule has 6 atom stereocenters. The summed E-state index contributed by atoms with van der Waals surface area (Å²) in [5, 5.41) is 13.8. The number of benzene rings is 2. The molecule has 1 aliphatic heterocycles. The van der Waals surface area contributed by atoms with E-state index in [0.29, 0.717) is 25.8 Å². The van der Waals surface area contributed by atoms with Gasteiger partial charge in [0.25, 0.3) is 5.91 Å². The van der Waals surface area contributed by atoms with Gasteiger partial charge in [-0.1, -0.05) is 74.0 Å². The fraction of sp³-hybridized carbons (Fsp3) is 0.486. The number of nitrogens with one attached hydrogen (secondary N) is 5. The lowest BCUT2D eigenvalue weighted by Crippen LogP contribution is -2.57. The second kappa shape index (κ2) is 15.2. The van der Waals surface area contributed by atoms with Crippen LogP contribution in [0, 0.1) is 11.8 Å². The number of carbonyl (C=O) groups is 6. The Morgan fingerprint density at radius 2 is 1.48 bits per heavy atom. The summed E-state index contributed by atoms with van der Waals surface area (Å²) in [4.78, 5) is 78.8. The number of ketones is 1. The van der Waals surface area contributed by atoms with Crippen LogP contribution in [-0.4, -0.2) is 66.0 Å². The highest BCUT2D eigenvalue weighted by atomic mass is 16.2. The van der Waals surface area contributed by atoms with Gasteiger partial charge in [0.05, 0.1) is 6.04 Å². The van der Waals surface area contributed by atoms with Crippen LogP contribution in [0.15, 0.2) is 60.7 Å². The van der Waals surface area contributed by atoms with Crippen LogP contribution in [0.1, 0.15) is 68.9 Å². The first-order valence-corrected chi connectivity index (χ1v) is 16.4. The molecule has 0 unspecified atom stereocenters. The van der Waals surface area contributed by atoms with Crippen molar-refractivity contribution in [1.82, 2.24) is 26.6 Å². The predicted molar refractivity (Wildman–Crippen MR) is 170 cm³/mol. The largest absolute Gasteiger partial charge is 0.356 e. The van der Waals surface area contributed by atoms with Crippen LogP contribution >= 0.6 is 0 Å². The summed E-state index contributed by atoms with van der Waals surface area (Å²) >= 11 is 0. The molecule has 2 saturated carbocycles. The van der Waals surface area contributed by atoms with Crippen molar-refractivity contribution in [3.05, 3.63) is 71.8 Å². The molecule has 11 heteroatoms. The Balaban J connectivity index is 1.27. The summed E-state index contributed by atoms with van der Waals surface area (Å²) < 4.78 is 0. The zero-order valence-corrected chi connectivity index (χ0v) is 26.1. The van der Waals surface area contributed by atoms with Gasteiger partial charge in [-0.25, -0.2) is 0 Å². The van der Waals surface area contributed by atoms with Gasteiger partial charge in [-0.2, -0.15) is 0 Å². The Hall–Kier alpha value is -4.54. The molecule has 0 bridgehead atoms. The van der Waals surface area contributed by atoms with Gasteiger partial charge < -0.3 is 26.6 Å². The Kier molecular flexibility index (Phi) is 10.8. The number of amides is 5. The number of rotatable bonds is 16. The third-order valence-electron chi connectivity index (χ3n) is 8.93. The van der Waals surface area contributed by atoms with Crippen LogP contribution in [0.4, 0.5) is 0 Å². The van der Waals surface area contributed by atoms with E-state index < -0.39 is 47.5 Å².